The fourth-order valence-electron chi connectivity index (χ4n) is 2.61. The summed E-state index contributed by atoms with van der Waals surface area (Å²) in [5, 5.41) is 5.67. The van der Waals surface area contributed by atoms with Gasteiger partial charge in [-0.3, -0.25) is 4.79 Å². The minimum atomic E-state index is -0.249. The van der Waals surface area contributed by atoms with E-state index in [2.05, 4.69) is 10.6 Å². The zero-order valence-electron chi connectivity index (χ0n) is 13.1. The summed E-state index contributed by atoms with van der Waals surface area (Å²) >= 11 is 0. The topological polar surface area (TPSA) is 87.5 Å². The van der Waals surface area contributed by atoms with Gasteiger partial charge in [0, 0.05) is 32.1 Å². The molecule has 4 N–H and O–H groups in total. The molecule has 1 aromatic carbocycles. The Kier molecular flexibility index (Phi) is 5.38. The van der Waals surface area contributed by atoms with Crippen molar-refractivity contribution in [2.24, 2.45) is 5.73 Å². The van der Waals surface area contributed by atoms with Crippen molar-refractivity contribution in [1.82, 2.24) is 15.5 Å². The number of hydrogen-bond donors (Lipinski definition) is 3. The Balaban J connectivity index is 1.80. The van der Waals surface area contributed by atoms with E-state index < -0.39 is 0 Å². The summed E-state index contributed by atoms with van der Waals surface area (Å²) in [6.45, 7) is 5.45. The molecule has 1 aliphatic rings. The third-order valence-electron chi connectivity index (χ3n) is 3.80. The zero-order valence-corrected chi connectivity index (χ0v) is 13.1. The monoisotopic (exact) mass is 304 g/mol. The first kappa shape index (κ1) is 16.3. The molecule has 3 amide bonds. The molecule has 1 aromatic rings. The molecule has 120 valence electrons. The van der Waals surface area contributed by atoms with Gasteiger partial charge >= 0.3 is 6.03 Å². The predicted octanol–water partition coefficient (Wildman–Crippen LogP) is 0.954. The molecule has 1 unspecified atom stereocenters. The van der Waals surface area contributed by atoms with Crippen LogP contribution in [-0.2, 0) is 17.9 Å². The lowest BCUT2D eigenvalue weighted by atomic mass is 10.1. The Morgan fingerprint density at radius 3 is 2.77 bits per heavy atom. The molecule has 0 aliphatic carbocycles. The van der Waals surface area contributed by atoms with Gasteiger partial charge in [-0.25, -0.2) is 4.79 Å². The van der Waals surface area contributed by atoms with E-state index in [1.807, 2.05) is 38.1 Å². The number of carbonyl (C=O) groups excluding carboxylic acids is 2. The molecule has 0 spiro atoms. The molecular formula is C16H24N4O2. The normalized spacial score (nSPS) is 17.9. The summed E-state index contributed by atoms with van der Waals surface area (Å²) in [4.78, 5) is 25.5. The standard InChI is InChI=1S/C16H24N4O2/c1-11(2)20-10-14(7-15(20)21)19-16(22)18-9-13-5-3-4-12(6-13)8-17/h3-6,11,14H,7-10,17H2,1-2H3,(H2,18,19,22). The molecule has 1 aliphatic heterocycles. The van der Waals surface area contributed by atoms with Gasteiger partial charge in [0.2, 0.25) is 5.91 Å². The quantitative estimate of drug-likeness (QED) is 0.757. The molecule has 2 rings (SSSR count). The largest absolute Gasteiger partial charge is 0.338 e. The maximum absolute atomic E-state index is 11.9. The highest BCUT2D eigenvalue weighted by atomic mass is 16.2. The van der Waals surface area contributed by atoms with E-state index in [1.165, 1.54) is 0 Å². The van der Waals surface area contributed by atoms with Crippen LogP contribution < -0.4 is 16.4 Å². The number of hydrogen-bond acceptors (Lipinski definition) is 3. The number of nitrogens with zero attached hydrogens (tertiary/aromatic N) is 1. The van der Waals surface area contributed by atoms with E-state index in [0.29, 0.717) is 26.1 Å². The summed E-state index contributed by atoms with van der Waals surface area (Å²) < 4.78 is 0. The minimum absolute atomic E-state index is 0.0935. The van der Waals surface area contributed by atoms with Crippen LogP contribution in [0.1, 0.15) is 31.4 Å². The molecule has 1 heterocycles. The Morgan fingerprint density at radius 1 is 1.41 bits per heavy atom. The van der Waals surface area contributed by atoms with Gasteiger partial charge in [-0.15, -0.1) is 0 Å². The van der Waals surface area contributed by atoms with Crippen LogP contribution in [0.25, 0.3) is 0 Å². The zero-order chi connectivity index (χ0) is 16.1. The highest BCUT2D eigenvalue weighted by Gasteiger charge is 2.31. The average molecular weight is 304 g/mol. The summed E-state index contributed by atoms with van der Waals surface area (Å²) in [5.41, 5.74) is 7.64. The smallest absolute Gasteiger partial charge is 0.315 e. The van der Waals surface area contributed by atoms with Crippen LogP contribution in [0, 0.1) is 0 Å². The summed E-state index contributed by atoms with van der Waals surface area (Å²) in [6, 6.07) is 7.59. The van der Waals surface area contributed by atoms with Gasteiger partial charge in [0.15, 0.2) is 0 Å². The number of amides is 3. The molecule has 22 heavy (non-hydrogen) atoms. The van der Waals surface area contributed by atoms with E-state index in [0.717, 1.165) is 11.1 Å². The van der Waals surface area contributed by atoms with E-state index >= 15 is 0 Å². The third-order valence-corrected chi connectivity index (χ3v) is 3.80. The highest BCUT2D eigenvalue weighted by Crippen LogP contribution is 2.14. The van der Waals surface area contributed by atoms with E-state index in [9.17, 15) is 9.59 Å². The van der Waals surface area contributed by atoms with Crippen molar-refractivity contribution in [2.75, 3.05) is 6.54 Å². The first-order valence-corrected chi connectivity index (χ1v) is 7.61. The molecular weight excluding hydrogens is 280 g/mol. The van der Waals surface area contributed by atoms with E-state index in [4.69, 9.17) is 5.73 Å². The first-order valence-electron chi connectivity index (χ1n) is 7.61. The molecule has 1 saturated heterocycles. The predicted molar refractivity (Wildman–Crippen MR) is 85.0 cm³/mol. The second-order valence-electron chi connectivity index (χ2n) is 5.89. The Labute approximate surface area is 131 Å². The van der Waals surface area contributed by atoms with Gasteiger partial charge < -0.3 is 21.3 Å². The second-order valence-corrected chi connectivity index (χ2v) is 5.89. The number of benzene rings is 1. The number of nitrogens with two attached hydrogens (primary N) is 1. The molecule has 0 aromatic heterocycles. The average Bonchev–Trinajstić information content (AvgIpc) is 2.86. The van der Waals surface area contributed by atoms with Crippen LogP contribution in [0.3, 0.4) is 0 Å². The fourth-order valence-corrected chi connectivity index (χ4v) is 2.61. The van der Waals surface area contributed by atoms with Crippen molar-refractivity contribution in [3.8, 4) is 0 Å². The Hall–Kier alpha value is -2.08. The summed E-state index contributed by atoms with van der Waals surface area (Å²) in [7, 11) is 0. The lowest BCUT2D eigenvalue weighted by Crippen LogP contribution is -2.43. The van der Waals surface area contributed by atoms with Crippen LogP contribution in [-0.4, -0.2) is 35.5 Å². The van der Waals surface area contributed by atoms with Crippen LogP contribution in [0.4, 0.5) is 4.79 Å². The number of rotatable bonds is 5. The molecule has 6 nitrogen and oxygen atoms in total. The maximum Gasteiger partial charge on any atom is 0.315 e. The van der Waals surface area contributed by atoms with E-state index in [-0.39, 0.29) is 24.0 Å². The van der Waals surface area contributed by atoms with Gasteiger partial charge in [0.05, 0.1) is 6.04 Å². The third kappa shape index (κ3) is 4.21. The summed E-state index contributed by atoms with van der Waals surface area (Å²) in [6.07, 6.45) is 0.369. The summed E-state index contributed by atoms with van der Waals surface area (Å²) in [5.74, 6) is 0.0935. The van der Waals surface area contributed by atoms with Crippen molar-refractivity contribution in [3.63, 3.8) is 0 Å². The number of likely N-dealkylation sites (tertiary alicyclic amines) is 1. The maximum atomic E-state index is 11.9. The fraction of sp³-hybridized carbons (Fsp3) is 0.500. The molecule has 1 atom stereocenters. The van der Waals surface area contributed by atoms with Crippen molar-refractivity contribution in [1.29, 1.82) is 0 Å². The SMILES string of the molecule is CC(C)N1CC(NC(=O)NCc2cccc(CN)c2)CC1=O. The van der Waals surface area contributed by atoms with Gasteiger partial charge in [-0.1, -0.05) is 24.3 Å². The van der Waals surface area contributed by atoms with Crippen LogP contribution in [0.15, 0.2) is 24.3 Å². The lowest BCUT2D eigenvalue weighted by Gasteiger charge is -2.21. The van der Waals surface area contributed by atoms with Crippen molar-refractivity contribution in [3.05, 3.63) is 35.4 Å². The number of urea groups is 1. The molecule has 0 radical (unpaired) electrons. The van der Waals surface area contributed by atoms with Crippen LogP contribution in [0.5, 0.6) is 0 Å². The molecule has 6 heteroatoms. The Bertz CT molecular complexity index is 545. The van der Waals surface area contributed by atoms with Crippen molar-refractivity contribution >= 4 is 11.9 Å². The first-order chi connectivity index (χ1) is 10.5. The lowest BCUT2D eigenvalue weighted by molar-refractivity contribution is -0.129. The van der Waals surface area contributed by atoms with Crippen molar-refractivity contribution < 1.29 is 9.59 Å². The Morgan fingerprint density at radius 2 is 2.14 bits per heavy atom. The van der Waals surface area contributed by atoms with E-state index in [1.54, 1.807) is 4.90 Å². The number of nitrogens with one attached hydrogen (secondary N) is 2. The highest BCUT2D eigenvalue weighted by molar-refractivity contribution is 5.81. The van der Waals surface area contributed by atoms with Crippen molar-refractivity contribution in [2.45, 2.75) is 45.4 Å². The van der Waals surface area contributed by atoms with Gasteiger partial charge in [0.25, 0.3) is 0 Å². The molecule has 1 fully saturated rings. The van der Waals surface area contributed by atoms with Gasteiger partial charge in [0.1, 0.15) is 0 Å². The van der Waals surface area contributed by atoms with Crippen LogP contribution >= 0.6 is 0 Å². The molecule has 0 saturated carbocycles. The van der Waals surface area contributed by atoms with Crippen LogP contribution in [0.2, 0.25) is 0 Å². The second kappa shape index (κ2) is 7.26. The van der Waals surface area contributed by atoms with Gasteiger partial charge in [-0.05, 0) is 25.0 Å². The number of carbonyl (C=O) groups is 2. The minimum Gasteiger partial charge on any atom is -0.338 e. The molecule has 0 bridgehead atoms. The van der Waals surface area contributed by atoms with Gasteiger partial charge in [-0.2, -0.15) is 0 Å².